The predicted molar refractivity (Wildman–Crippen MR) is 88.0 cm³/mol. The molecule has 1 aromatic carbocycles. The van der Waals surface area contributed by atoms with Gasteiger partial charge in [0.2, 0.25) is 0 Å². The second-order valence-corrected chi connectivity index (χ2v) is 6.70. The van der Waals surface area contributed by atoms with Crippen molar-refractivity contribution in [1.29, 1.82) is 0 Å². The largest absolute Gasteiger partial charge is 0.440 e. The van der Waals surface area contributed by atoms with Crippen molar-refractivity contribution in [3.8, 4) is 0 Å². The van der Waals surface area contributed by atoms with Gasteiger partial charge in [-0.05, 0) is 29.6 Å². The van der Waals surface area contributed by atoms with Crippen molar-refractivity contribution < 1.29 is 31.9 Å². The predicted octanol–water partition coefficient (Wildman–Crippen LogP) is 3.29. The van der Waals surface area contributed by atoms with Crippen LogP contribution in [0.3, 0.4) is 0 Å². The van der Waals surface area contributed by atoms with Gasteiger partial charge in [0.25, 0.3) is 17.5 Å². The smallest absolute Gasteiger partial charge is 0.313 e. The summed E-state index contributed by atoms with van der Waals surface area (Å²) >= 11 is 6.42. The minimum Gasteiger partial charge on any atom is -0.313 e. The first kappa shape index (κ1) is 19.1. The molecule has 0 bridgehead atoms. The van der Waals surface area contributed by atoms with E-state index in [1.54, 1.807) is 5.32 Å². The van der Waals surface area contributed by atoms with Crippen LogP contribution in [0.4, 0.5) is 28.0 Å². The minimum atomic E-state index is -5.36. The van der Waals surface area contributed by atoms with Crippen LogP contribution in [-0.4, -0.2) is 29.7 Å². The van der Waals surface area contributed by atoms with E-state index in [9.17, 15) is 31.9 Å². The number of urea groups is 1. The quantitative estimate of drug-likeness (QED) is 0.589. The number of nitrogens with zero attached hydrogens (tertiary/aromatic N) is 1. The van der Waals surface area contributed by atoms with E-state index < -0.39 is 40.5 Å². The molecule has 1 atom stereocenters. The highest BCUT2D eigenvalue weighted by atomic mass is 35.5. The van der Waals surface area contributed by atoms with E-state index in [0.717, 1.165) is 29.5 Å². The first-order chi connectivity index (χ1) is 12.6. The number of halogens is 5. The van der Waals surface area contributed by atoms with Crippen LogP contribution >= 0.6 is 22.9 Å². The standard InChI is InChI=1S/C15H8ClF4N3O3S/c16-8-6-7(3-4-9(8)17)23-12(25)14(15(18,19)20,22-13(23)26)21-11(24)10-2-1-5-27-10/h1-6H,(H,21,24)(H,22,26)/t14-/m1/s1. The summed E-state index contributed by atoms with van der Waals surface area (Å²) in [5.41, 5.74) is -4.06. The Balaban J connectivity index is 2.02. The van der Waals surface area contributed by atoms with Gasteiger partial charge in [-0.3, -0.25) is 14.9 Å². The molecule has 0 radical (unpaired) electrons. The minimum absolute atomic E-state index is 0.0936. The topological polar surface area (TPSA) is 78.5 Å². The molecule has 0 unspecified atom stereocenters. The summed E-state index contributed by atoms with van der Waals surface area (Å²) < 4.78 is 54.4. The van der Waals surface area contributed by atoms with Crippen molar-refractivity contribution in [2.75, 3.05) is 4.90 Å². The highest BCUT2D eigenvalue weighted by Crippen LogP contribution is 2.36. The van der Waals surface area contributed by atoms with Crippen molar-refractivity contribution >= 4 is 46.5 Å². The summed E-state index contributed by atoms with van der Waals surface area (Å²) in [6.45, 7) is 0. The van der Waals surface area contributed by atoms with E-state index in [0.29, 0.717) is 0 Å². The lowest BCUT2D eigenvalue weighted by Gasteiger charge is -2.29. The number of alkyl halides is 3. The molecule has 0 spiro atoms. The van der Waals surface area contributed by atoms with Gasteiger partial charge in [-0.25, -0.2) is 14.1 Å². The number of amides is 4. The second-order valence-electron chi connectivity index (χ2n) is 5.35. The molecule has 4 amide bonds. The molecule has 1 aromatic heterocycles. The maximum atomic E-state index is 13.7. The lowest BCUT2D eigenvalue weighted by atomic mass is 10.1. The van der Waals surface area contributed by atoms with Crippen LogP contribution in [0.25, 0.3) is 0 Å². The lowest BCUT2D eigenvalue weighted by Crippen LogP contribution is -2.69. The number of rotatable bonds is 3. The number of benzene rings is 1. The third-order valence-corrected chi connectivity index (χ3v) is 4.81. The third-order valence-electron chi connectivity index (χ3n) is 3.65. The molecule has 1 aliphatic rings. The fourth-order valence-electron chi connectivity index (χ4n) is 2.38. The molecule has 27 heavy (non-hydrogen) atoms. The van der Waals surface area contributed by atoms with E-state index in [1.807, 2.05) is 0 Å². The van der Waals surface area contributed by atoms with E-state index in [1.165, 1.54) is 22.8 Å². The summed E-state index contributed by atoms with van der Waals surface area (Å²) in [4.78, 5) is 36.8. The number of anilines is 1. The first-order valence-electron chi connectivity index (χ1n) is 7.11. The summed E-state index contributed by atoms with van der Waals surface area (Å²) in [5, 5.41) is 3.99. The van der Waals surface area contributed by atoms with E-state index in [2.05, 4.69) is 0 Å². The molecule has 2 aromatic rings. The Morgan fingerprint density at radius 1 is 1.26 bits per heavy atom. The highest BCUT2D eigenvalue weighted by molar-refractivity contribution is 7.12. The fourth-order valence-corrected chi connectivity index (χ4v) is 3.17. The molecule has 6 nitrogen and oxygen atoms in total. The molecular weight excluding hydrogens is 414 g/mol. The summed E-state index contributed by atoms with van der Waals surface area (Å²) in [6.07, 6.45) is -5.36. The summed E-state index contributed by atoms with van der Waals surface area (Å²) in [6, 6.07) is 3.75. The number of thiophene rings is 1. The van der Waals surface area contributed by atoms with Crippen LogP contribution in [0.1, 0.15) is 9.67 Å². The SMILES string of the molecule is O=C(N[C@@]1(C(F)(F)F)NC(=O)N(c2ccc(F)c(Cl)c2)C1=O)c1cccs1. The van der Waals surface area contributed by atoms with Gasteiger partial charge in [-0.1, -0.05) is 17.7 Å². The van der Waals surface area contributed by atoms with Gasteiger partial charge in [0, 0.05) is 0 Å². The zero-order valence-electron chi connectivity index (χ0n) is 12.9. The Hall–Kier alpha value is -2.66. The Morgan fingerprint density at radius 3 is 2.52 bits per heavy atom. The Kier molecular flexibility index (Phi) is 4.60. The zero-order valence-corrected chi connectivity index (χ0v) is 14.5. The van der Waals surface area contributed by atoms with Gasteiger partial charge in [0.05, 0.1) is 15.6 Å². The highest BCUT2D eigenvalue weighted by Gasteiger charge is 2.69. The van der Waals surface area contributed by atoms with Gasteiger partial charge in [0.15, 0.2) is 0 Å². The van der Waals surface area contributed by atoms with Crippen LogP contribution in [0.2, 0.25) is 5.02 Å². The number of imide groups is 1. The fraction of sp³-hybridized carbons (Fsp3) is 0.133. The van der Waals surface area contributed by atoms with Crippen LogP contribution in [0.15, 0.2) is 35.7 Å². The molecule has 1 fully saturated rings. The molecule has 3 rings (SSSR count). The van der Waals surface area contributed by atoms with E-state index in [-0.39, 0.29) is 15.5 Å². The van der Waals surface area contributed by atoms with E-state index >= 15 is 0 Å². The lowest BCUT2D eigenvalue weighted by molar-refractivity contribution is -0.197. The maximum absolute atomic E-state index is 13.7. The van der Waals surface area contributed by atoms with Gasteiger partial charge in [-0.2, -0.15) is 13.2 Å². The van der Waals surface area contributed by atoms with Crippen molar-refractivity contribution in [1.82, 2.24) is 10.6 Å². The van der Waals surface area contributed by atoms with Gasteiger partial charge in [0.1, 0.15) is 5.82 Å². The van der Waals surface area contributed by atoms with Crippen LogP contribution in [-0.2, 0) is 4.79 Å². The van der Waals surface area contributed by atoms with Crippen LogP contribution in [0, 0.1) is 5.82 Å². The molecule has 12 heteroatoms. The van der Waals surface area contributed by atoms with Crippen LogP contribution < -0.4 is 15.5 Å². The zero-order chi connectivity index (χ0) is 20.0. The average molecular weight is 422 g/mol. The molecule has 2 N–H and O–H groups in total. The molecule has 2 heterocycles. The van der Waals surface area contributed by atoms with Crippen molar-refractivity contribution in [3.05, 3.63) is 51.4 Å². The molecule has 1 saturated heterocycles. The maximum Gasteiger partial charge on any atom is 0.440 e. The Labute approximate surface area is 157 Å². The Bertz CT molecular complexity index is 935. The van der Waals surface area contributed by atoms with Gasteiger partial charge >= 0.3 is 12.2 Å². The number of nitrogens with one attached hydrogen (secondary N) is 2. The van der Waals surface area contributed by atoms with Gasteiger partial charge < -0.3 is 5.32 Å². The van der Waals surface area contributed by atoms with E-state index in [4.69, 9.17) is 11.6 Å². The van der Waals surface area contributed by atoms with Crippen molar-refractivity contribution in [3.63, 3.8) is 0 Å². The monoisotopic (exact) mass is 421 g/mol. The number of carbonyl (C=O) groups excluding carboxylic acids is 3. The number of carbonyl (C=O) groups is 3. The normalized spacial score (nSPS) is 20.0. The third kappa shape index (κ3) is 3.12. The van der Waals surface area contributed by atoms with Gasteiger partial charge in [-0.15, -0.1) is 11.3 Å². The molecule has 142 valence electrons. The summed E-state index contributed by atoms with van der Waals surface area (Å²) in [7, 11) is 0. The molecule has 1 aliphatic heterocycles. The molecular formula is C15H8ClF4N3O3S. The molecule has 0 aliphatic carbocycles. The summed E-state index contributed by atoms with van der Waals surface area (Å²) in [5.74, 6) is -3.89. The second kappa shape index (κ2) is 6.50. The van der Waals surface area contributed by atoms with Crippen molar-refractivity contribution in [2.24, 2.45) is 0 Å². The average Bonchev–Trinajstić information content (AvgIpc) is 3.18. The first-order valence-corrected chi connectivity index (χ1v) is 8.37. The molecule has 0 saturated carbocycles. The van der Waals surface area contributed by atoms with Crippen LogP contribution in [0.5, 0.6) is 0 Å². The number of hydrogen-bond acceptors (Lipinski definition) is 4. The Morgan fingerprint density at radius 2 is 1.96 bits per heavy atom. The van der Waals surface area contributed by atoms with Crippen molar-refractivity contribution in [2.45, 2.75) is 11.8 Å². The number of hydrogen-bond donors (Lipinski definition) is 2.